The van der Waals surface area contributed by atoms with Crippen LogP contribution in [-0.2, 0) is 0 Å². The van der Waals surface area contributed by atoms with Gasteiger partial charge in [0.2, 0.25) is 0 Å². The first-order valence-corrected chi connectivity index (χ1v) is 3.28. The smallest absolute Gasteiger partial charge is 0.0892 e. The molecule has 3 atom stereocenters. The van der Waals surface area contributed by atoms with E-state index >= 15 is 0 Å². The van der Waals surface area contributed by atoms with Crippen molar-refractivity contribution >= 4 is 0 Å². The summed E-state index contributed by atoms with van der Waals surface area (Å²) in [4.78, 5) is 0. The third kappa shape index (κ3) is 1.44. The van der Waals surface area contributed by atoms with Crippen molar-refractivity contribution in [1.82, 2.24) is 10.9 Å². The van der Waals surface area contributed by atoms with Gasteiger partial charge in [0.15, 0.2) is 0 Å². The summed E-state index contributed by atoms with van der Waals surface area (Å²) in [6.45, 7) is 0.416. The molecule has 0 bridgehead atoms. The Balaban J connectivity index is 2.42. The number of aliphatic hydroxyl groups excluding tert-OH is 2. The Morgan fingerprint density at radius 2 is 2.30 bits per heavy atom. The first-order valence-electron chi connectivity index (χ1n) is 3.28. The average molecular weight is 147 g/mol. The summed E-state index contributed by atoms with van der Waals surface area (Å²) in [5.74, 6) is 0. The molecule has 1 heterocycles. The number of hydrogen-bond acceptors (Lipinski definition) is 5. The molecule has 0 radical (unpaired) electrons. The predicted molar refractivity (Wildman–Crippen MR) is 36.0 cm³/mol. The van der Waals surface area contributed by atoms with Crippen LogP contribution in [-0.4, -0.2) is 41.6 Å². The quantitative estimate of drug-likeness (QED) is 0.275. The molecule has 5 heteroatoms. The van der Waals surface area contributed by atoms with E-state index in [2.05, 4.69) is 10.9 Å². The lowest BCUT2D eigenvalue weighted by molar-refractivity contribution is 0.0393. The molecule has 0 aromatic carbocycles. The molecule has 1 aliphatic heterocycles. The van der Waals surface area contributed by atoms with Crippen LogP contribution in [0.4, 0.5) is 0 Å². The Labute approximate surface area is 59.2 Å². The van der Waals surface area contributed by atoms with Gasteiger partial charge in [-0.2, -0.15) is 0 Å². The van der Waals surface area contributed by atoms with Gasteiger partial charge in [0, 0.05) is 12.6 Å². The summed E-state index contributed by atoms with van der Waals surface area (Å²) in [5, 5.41) is 17.9. The zero-order valence-electron chi connectivity index (χ0n) is 5.62. The number of rotatable bonds is 1. The van der Waals surface area contributed by atoms with Crippen molar-refractivity contribution in [2.75, 3.05) is 13.2 Å². The van der Waals surface area contributed by atoms with Crippen LogP contribution in [0.3, 0.4) is 0 Å². The summed E-state index contributed by atoms with van der Waals surface area (Å²) in [5.41, 5.74) is 11.0. The zero-order valence-corrected chi connectivity index (χ0v) is 5.62. The normalized spacial score (nSPS) is 41.7. The van der Waals surface area contributed by atoms with Crippen LogP contribution < -0.4 is 16.6 Å². The molecule has 1 aliphatic rings. The van der Waals surface area contributed by atoms with Crippen LogP contribution in [0.15, 0.2) is 0 Å². The third-order valence-corrected chi connectivity index (χ3v) is 1.67. The molecule has 0 spiro atoms. The van der Waals surface area contributed by atoms with Crippen LogP contribution in [0.25, 0.3) is 0 Å². The lowest BCUT2D eigenvalue weighted by Crippen LogP contribution is -2.64. The lowest BCUT2D eigenvalue weighted by atomic mass is 10.0. The van der Waals surface area contributed by atoms with E-state index in [9.17, 15) is 5.11 Å². The number of nitrogens with one attached hydrogen (secondary N) is 2. The van der Waals surface area contributed by atoms with Gasteiger partial charge in [0.25, 0.3) is 0 Å². The van der Waals surface area contributed by atoms with Gasteiger partial charge in [-0.3, -0.25) is 5.43 Å². The van der Waals surface area contributed by atoms with Crippen LogP contribution in [0.2, 0.25) is 0 Å². The number of nitrogens with two attached hydrogens (primary N) is 1. The van der Waals surface area contributed by atoms with E-state index in [1.54, 1.807) is 0 Å². The van der Waals surface area contributed by atoms with E-state index in [1.165, 1.54) is 0 Å². The Morgan fingerprint density at radius 3 is 2.80 bits per heavy atom. The van der Waals surface area contributed by atoms with Crippen molar-refractivity contribution in [2.24, 2.45) is 5.73 Å². The molecule has 0 aromatic rings. The number of hydrogen-bond donors (Lipinski definition) is 5. The standard InChI is InChI=1S/C5H13N3O2/c6-3-1-7-8-4(2-9)5(3)10/h3-5,7-10H,1-2,6H2. The highest BCUT2D eigenvalue weighted by atomic mass is 16.3. The van der Waals surface area contributed by atoms with Gasteiger partial charge in [-0.1, -0.05) is 0 Å². The van der Waals surface area contributed by atoms with Gasteiger partial charge in [-0.05, 0) is 0 Å². The second kappa shape index (κ2) is 3.27. The van der Waals surface area contributed by atoms with Crippen molar-refractivity contribution < 1.29 is 10.2 Å². The second-order valence-corrected chi connectivity index (χ2v) is 2.47. The van der Waals surface area contributed by atoms with E-state index < -0.39 is 6.10 Å². The largest absolute Gasteiger partial charge is 0.395 e. The number of aliphatic hydroxyl groups is 2. The van der Waals surface area contributed by atoms with E-state index in [-0.39, 0.29) is 18.7 Å². The van der Waals surface area contributed by atoms with Crippen molar-refractivity contribution in [2.45, 2.75) is 18.2 Å². The van der Waals surface area contributed by atoms with Crippen LogP contribution in [0.5, 0.6) is 0 Å². The molecular weight excluding hydrogens is 134 g/mol. The van der Waals surface area contributed by atoms with Gasteiger partial charge >= 0.3 is 0 Å². The zero-order chi connectivity index (χ0) is 7.56. The van der Waals surface area contributed by atoms with Crippen LogP contribution >= 0.6 is 0 Å². The molecule has 0 saturated carbocycles. The van der Waals surface area contributed by atoms with E-state index in [1.807, 2.05) is 0 Å². The Hall–Kier alpha value is -0.200. The number of hydrazine groups is 1. The minimum absolute atomic E-state index is 0.109. The van der Waals surface area contributed by atoms with E-state index in [0.29, 0.717) is 6.54 Å². The van der Waals surface area contributed by atoms with Gasteiger partial charge in [0.05, 0.1) is 18.8 Å². The minimum atomic E-state index is -0.661. The molecule has 0 aromatic heterocycles. The Kier molecular flexibility index (Phi) is 2.58. The maximum atomic E-state index is 9.25. The predicted octanol–water partition coefficient (Wildman–Crippen LogP) is -2.86. The van der Waals surface area contributed by atoms with Gasteiger partial charge in [0.1, 0.15) is 0 Å². The highest BCUT2D eigenvalue weighted by molar-refractivity contribution is 4.87. The molecule has 1 rings (SSSR count). The van der Waals surface area contributed by atoms with Gasteiger partial charge in [-0.15, -0.1) is 0 Å². The summed E-state index contributed by atoms with van der Waals surface area (Å²) in [7, 11) is 0. The molecule has 3 unspecified atom stereocenters. The SMILES string of the molecule is NC1CNNC(CO)C1O. The fourth-order valence-electron chi connectivity index (χ4n) is 0.966. The highest BCUT2D eigenvalue weighted by Gasteiger charge is 2.27. The molecule has 0 aliphatic carbocycles. The molecule has 60 valence electrons. The van der Waals surface area contributed by atoms with Crippen LogP contribution in [0.1, 0.15) is 0 Å². The minimum Gasteiger partial charge on any atom is -0.395 e. The molecular formula is C5H13N3O2. The van der Waals surface area contributed by atoms with Crippen molar-refractivity contribution in [3.05, 3.63) is 0 Å². The Bertz CT molecular complexity index is 111. The maximum Gasteiger partial charge on any atom is 0.0892 e. The Morgan fingerprint density at radius 1 is 1.60 bits per heavy atom. The summed E-state index contributed by atoms with van der Waals surface area (Å²) < 4.78 is 0. The fraction of sp³-hybridized carbons (Fsp3) is 1.00. The molecule has 1 fully saturated rings. The first kappa shape index (κ1) is 7.90. The molecule has 5 nitrogen and oxygen atoms in total. The first-order chi connectivity index (χ1) is 4.75. The second-order valence-electron chi connectivity index (χ2n) is 2.47. The van der Waals surface area contributed by atoms with Crippen molar-refractivity contribution in [1.29, 1.82) is 0 Å². The fourth-order valence-corrected chi connectivity index (χ4v) is 0.966. The summed E-state index contributed by atoms with van der Waals surface area (Å²) >= 11 is 0. The molecule has 1 saturated heterocycles. The summed E-state index contributed by atoms with van der Waals surface area (Å²) in [6.07, 6.45) is -0.661. The topological polar surface area (TPSA) is 90.5 Å². The van der Waals surface area contributed by atoms with E-state index in [4.69, 9.17) is 10.8 Å². The molecule has 0 amide bonds. The molecule has 6 N–H and O–H groups in total. The highest BCUT2D eigenvalue weighted by Crippen LogP contribution is 1.99. The third-order valence-electron chi connectivity index (χ3n) is 1.67. The monoisotopic (exact) mass is 147 g/mol. The maximum absolute atomic E-state index is 9.25. The van der Waals surface area contributed by atoms with Gasteiger partial charge in [-0.25, -0.2) is 5.43 Å². The average Bonchev–Trinajstić information content (AvgIpc) is 1.95. The van der Waals surface area contributed by atoms with Crippen molar-refractivity contribution in [3.8, 4) is 0 Å². The summed E-state index contributed by atoms with van der Waals surface area (Å²) in [6, 6.07) is -0.637. The lowest BCUT2D eigenvalue weighted by Gasteiger charge is -2.32. The van der Waals surface area contributed by atoms with E-state index in [0.717, 1.165) is 0 Å². The molecule has 10 heavy (non-hydrogen) atoms. The van der Waals surface area contributed by atoms with Crippen LogP contribution in [0, 0.1) is 0 Å². The van der Waals surface area contributed by atoms with Crippen molar-refractivity contribution in [3.63, 3.8) is 0 Å². The van der Waals surface area contributed by atoms with Gasteiger partial charge < -0.3 is 15.9 Å².